The SMILES string of the molecule is NC(CS)C(=O)NC(CS)C(=O)NCC(=O)NC(CO)C(=O)O. The van der Waals surface area contributed by atoms with E-state index in [2.05, 4.69) is 35.9 Å². The van der Waals surface area contributed by atoms with Crippen LogP contribution in [0, 0.1) is 0 Å². The van der Waals surface area contributed by atoms with Gasteiger partial charge in [-0.15, -0.1) is 0 Å². The van der Waals surface area contributed by atoms with Crippen LogP contribution in [0.25, 0.3) is 0 Å². The second kappa shape index (κ2) is 11.1. The van der Waals surface area contributed by atoms with Gasteiger partial charge in [0, 0.05) is 11.5 Å². The Morgan fingerprint density at radius 1 is 1.00 bits per heavy atom. The van der Waals surface area contributed by atoms with Crippen molar-refractivity contribution < 1.29 is 29.4 Å². The van der Waals surface area contributed by atoms with Crippen molar-refractivity contribution in [1.29, 1.82) is 0 Å². The lowest BCUT2D eigenvalue weighted by atomic mass is 10.2. The maximum Gasteiger partial charge on any atom is 0.328 e. The average Bonchev–Trinajstić information content (AvgIpc) is 2.53. The van der Waals surface area contributed by atoms with E-state index in [4.69, 9.17) is 15.9 Å². The highest BCUT2D eigenvalue weighted by atomic mass is 32.1. The number of carbonyl (C=O) groups is 4. The molecule has 0 aliphatic rings. The summed E-state index contributed by atoms with van der Waals surface area (Å²) in [5.74, 6) is -3.44. The molecule has 0 bridgehead atoms. The van der Waals surface area contributed by atoms with Crippen molar-refractivity contribution in [2.45, 2.75) is 18.1 Å². The Hall–Kier alpha value is -1.50. The van der Waals surface area contributed by atoms with Crippen LogP contribution in [0.4, 0.5) is 0 Å². The molecular weight excluding hydrogens is 348 g/mol. The fourth-order valence-corrected chi connectivity index (χ4v) is 1.70. The highest BCUT2D eigenvalue weighted by Crippen LogP contribution is 1.92. The molecule has 0 saturated carbocycles. The number of hydrogen-bond acceptors (Lipinski definition) is 8. The van der Waals surface area contributed by atoms with E-state index in [9.17, 15) is 19.2 Å². The van der Waals surface area contributed by atoms with E-state index >= 15 is 0 Å². The Bertz CT molecular complexity index is 450. The van der Waals surface area contributed by atoms with Gasteiger partial charge in [0.05, 0.1) is 19.2 Å². The number of carboxylic acid groups (broad SMARTS) is 1. The molecule has 0 heterocycles. The van der Waals surface area contributed by atoms with E-state index in [0.717, 1.165) is 0 Å². The molecule has 0 radical (unpaired) electrons. The molecule has 0 fully saturated rings. The second-order valence-electron chi connectivity index (χ2n) is 4.39. The van der Waals surface area contributed by atoms with Gasteiger partial charge in [-0.2, -0.15) is 25.3 Å². The van der Waals surface area contributed by atoms with Gasteiger partial charge in [0.15, 0.2) is 0 Å². The van der Waals surface area contributed by atoms with Gasteiger partial charge in [0.1, 0.15) is 12.1 Å². The quantitative estimate of drug-likeness (QED) is 0.184. The fourth-order valence-electron chi connectivity index (χ4n) is 1.28. The third kappa shape index (κ3) is 8.06. The number of rotatable bonds is 10. The molecule has 0 saturated heterocycles. The monoisotopic (exact) mass is 368 g/mol. The number of hydrogen-bond donors (Lipinski definition) is 8. The molecule has 3 atom stereocenters. The van der Waals surface area contributed by atoms with E-state index in [-0.39, 0.29) is 11.5 Å². The maximum absolute atomic E-state index is 11.8. The molecular formula is C11H20N4O6S2. The first-order chi connectivity index (χ1) is 10.8. The average molecular weight is 368 g/mol. The molecule has 12 heteroatoms. The summed E-state index contributed by atoms with van der Waals surface area (Å²) in [5.41, 5.74) is 5.45. The van der Waals surface area contributed by atoms with Crippen molar-refractivity contribution in [2.24, 2.45) is 5.73 Å². The van der Waals surface area contributed by atoms with Crippen molar-refractivity contribution in [3.8, 4) is 0 Å². The summed E-state index contributed by atoms with van der Waals surface area (Å²) < 4.78 is 0. The number of nitrogens with one attached hydrogen (secondary N) is 3. The zero-order chi connectivity index (χ0) is 18.0. The first-order valence-corrected chi connectivity index (χ1v) is 7.71. The minimum atomic E-state index is -1.46. The third-order valence-corrected chi connectivity index (χ3v) is 3.35. The summed E-state index contributed by atoms with van der Waals surface area (Å²) in [7, 11) is 0. The lowest BCUT2D eigenvalue weighted by Gasteiger charge is -2.18. The van der Waals surface area contributed by atoms with Crippen molar-refractivity contribution >= 4 is 48.9 Å². The number of aliphatic carboxylic acids is 1. The number of amides is 3. The van der Waals surface area contributed by atoms with Crippen LogP contribution in [0.2, 0.25) is 0 Å². The Morgan fingerprint density at radius 3 is 2.04 bits per heavy atom. The number of carbonyl (C=O) groups excluding carboxylic acids is 3. The normalized spacial score (nSPS) is 14.3. The molecule has 23 heavy (non-hydrogen) atoms. The molecule has 7 N–H and O–H groups in total. The summed E-state index contributed by atoms with van der Waals surface area (Å²) in [6.07, 6.45) is 0. The van der Waals surface area contributed by atoms with E-state index in [1.807, 2.05) is 5.32 Å². The zero-order valence-electron chi connectivity index (χ0n) is 12.1. The first kappa shape index (κ1) is 21.5. The number of carboxylic acids is 1. The van der Waals surface area contributed by atoms with Crippen molar-refractivity contribution in [3.05, 3.63) is 0 Å². The number of aliphatic hydroxyl groups excluding tert-OH is 1. The van der Waals surface area contributed by atoms with Gasteiger partial charge in [0.25, 0.3) is 0 Å². The highest BCUT2D eigenvalue weighted by Gasteiger charge is 2.23. The first-order valence-electron chi connectivity index (χ1n) is 6.45. The summed E-state index contributed by atoms with van der Waals surface area (Å²) in [4.78, 5) is 45.5. The van der Waals surface area contributed by atoms with E-state index < -0.39 is 55.0 Å². The van der Waals surface area contributed by atoms with Crippen molar-refractivity contribution in [1.82, 2.24) is 16.0 Å². The highest BCUT2D eigenvalue weighted by molar-refractivity contribution is 7.80. The summed E-state index contributed by atoms with van der Waals surface area (Å²) in [5, 5.41) is 24.0. The molecule has 3 unspecified atom stereocenters. The predicted octanol–water partition coefficient (Wildman–Crippen LogP) is -3.66. The van der Waals surface area contributed by atoms with Gasteiger partial charge in [-0.3, -0.25) is 14.4 Å². The topological polar surface area (TPSA) is 171 Å². The molecule has 0 rings (SSSR count). The summed E-state index contributed by atoms with van der Waals surface area (Å²) >= 11 is 7.78. The van der Waals surface area contributed by atoms with Gasteiger partial charge in [-0.05, 0) is 0 Å². The van der Waals surface area contributed by atoms with Crippen molar-refractivity contribution in [2.75, 3.05) is 24.7 Å². The van der Waals surface area contributed by atoms with E-state index in [1.165, 1.54) is 0 Å². The molecule has 0 aromatic rings. The molecule has 132 valence electrons. The molecule has 0 aromatic carbocycles. The van der Waals surface area contributed by atoms with Crippen LogP contribution in [0.3, 0.4) is 0 Å². The van der Waals surface area contributed by atoms with Crippen LogP contribution in [0.5, 0.6) is 0 Å². The predicted molar refractivity (Wildman–Crippen MR) is 87.3 cm³/mol. The Labute approximate surface area is 143 Å². The largest absolute Gasteiger partial charge is 0.480 e. The van der Waals surface area contributed by atoms with Crippen LogP contribution < -0.4 is 21.7 Å². The van der Waals surface area contributed by atoms with Gasteiger partial charge in [-0.1, -0.05) is 0 Å². The lowest BCUT2D eigenvalue weighted by Crippen LogP contribution is -2.54. The Morgan fingerprint density at radius 2 is 1.61 bits per heavy atom. The van der Waals surface area contributed by atoms with Crippen LogP contribution in [0.15, 0.2) is 0 Å². The van der Waals surface area contributed by atoms with Crippen molar-refractivity contribution in [3.63, 3.8) is 0 Å². The number of thiol groups is 2. The molecule has 10 nitrogen and oxygen atoms in total. The number of aliphatic hydroxyl groups is 1. The van der Waals surface area contributed by atoms with Crippen LogP contribution in [-0.2, 0) is 19.2 Å². The van der Waals surface area contributed by atoms with E-state index in [0.29, 0.717) is 0 Å². The standard InChI is InChI=1S/C11H20N4O6S2/c12-5(3-22)9(18)15-7(4-23)10(19)13-1-8(17)14-6(2-16)11(20)21/h5-7,16,22-23H,1-4,12H2,(H,13,19)(H,14,17)(H,15,18)(H,20,21). The zero-order valence-corrected chi connectivity index (χ0v) is 13.8. The van der Waals surface area contributed by atoms with Gasteiger partial charge in [0.2, 0.25) is 17.7 Å². The van der Waals surface area contributed by atoms with Crippen LogP contribution in [0.1, 0.15) is 0 Å². The Kier molecular flexibility index (Phi) is 10.4. The molecule has 3 amide bonds. The fraction of sp³-hybridized carbons (Fsp3) is 0.636. The minimum absolute atomic E-state index is 0.0348. The molecule has 0 aromatic heterocycles. The maximum atomic E-state index is 11.8. The molecule has 0 spiro atoms. The van der Waals surface area contributed by atoms with Gasteiger partial charge < -0.3 is 31.9 Å². The van der Waals surface area contributed by atoms with Crippen LogP contribution in [-0.4, -0.2) is 76.7 Å². The van der Waals surface area contributed by atoms with E-state index in [1.54, 1.807) is 0 Å². The second-order valence-corrected chi connectivity index (χ2v) is 5.12. The summed E-state index contributed by atoms with van der Waals surface area (Å²) in [6, 6.07) is -3.37. The summed E-state index contributed by atoms with van der Waals surface area (Å²) in [6.45, 7) is -1.31. The van der Waals surface area contributed by atoms with Gasteiger partial charge in [-0.25, -0.2) is 4.79 Å². The molecule has 0 aliphatic heterocycles. The smallest absolute Gasteiger partial charge is 0.328 e. The van der Waals surface area contributed by atoms with Gasteiger partial charge >= 0.3 is 5.97 Å². The number of nitrogens with two attached hydrogens (primary N) is 1. The van der Waals surface area contributed by atoms with Crippen LogP contribution >= 0.6 is 25.3 Å². The third-order valence-electron chi connectivity index (χ3n) is 2.59. The minimum Gasteiger partial charge on any atom is -0.480 e. The lowest BCUT2D eigenvalue weighted by molar-refractivity contribution is -0.142. The Balaban J connectivity index is 4.41. The molecule has 0 aliphatic carbocycles.